The molecule has 2 aromatic rings. The summed E-state index contributed by atoms with van der Waals surface area (Å²) in [5.41, 5.74) is 2.97. The maximum absolute atomic E-state index is 13.8. The molecule has 0 unspecified atom stereocenters. The van der Waals surface area contributed by atoms with E-state index in [1.54, 1.807) is 30.1 Å². The van der Waals surface area contributed by atoms with Gasteiger partial charge in [0, 0.05) is 24.7 Å². The first-order valence-corrected chi connectivity index (χ1v) is 6.17. The monoisotopic (exact) mass is 298 g/mol. The SMILES string of the molecule is CN(Cc1cccc(Cl)c1)c1nc(NN)c(F)cc1F. The second-order valence-electron chi connectivity index (χ2n) is 4.25. The average molecular weight is 299 g/mol. The van der Waals surface area contributed by atoms with Crippen molar-refractivity contribution >= 4 is 23.2 Å². The lowest BCUT2D eigenvalue weighted by Gasteiger charge is -2.19. The van der Waals surface area contributed by atoms with Crippen LogP contribution in [-0.4, -0.2) is 12.0 Å². The Balaban J connectivity index is 2.27. The molecule has 0 aliphatic heterocycles. The zero-order chi connectivity index (χ0) is 14.7. The van der Waals surface area contributed by atoms with E-state index >= 15 is 0 Å². The van der Waals surface area contributed by atoms with E-state index in [4.69, 9.17) is 17.4 Å². The number of benzene rings is 1. The van der Waals surface area contributed by atoms with Crippen LogP contribution in [0.4, 0.5) is 20.4 Å². The summed E-state index contributed by atoms with van der Waals surface area (Å²) in [5, 5.41) is 0.591. The Labute approximate surface area is 120 Å². The number of rotatable bonds is 4. The predicted molar refractivity (Wildman–Crippen MR) is 75.5 cm³/mol. The molecule has 0 aliphatic carbocycles. The van der Waals surface area contributed by atoms with E-state index < -0.39 is 11.6 Å². The van der Waals surface area contributed by atoms with E-state index in [1.807, 2.05) is 6.07 Å². The summed E-state index contributed by atoms with van der Waals surface area (Å²) in [6.07, 6.45) is 0. The fraction of sp³-hybridized carbons (Fsp3) is 0.154. The summed E-state index contributed by atoms with van der Waals surface area (Å²) in [6.45, 7) is 0.375. The Morgan fingerprint density at radius 3 is 2.70 bits per heavy atom. The highest BCUT2D eigenvalue weighted by Gasteiger charge is 2.15. The standard InChI is InChI=1S/C13H13ClF2N4/c1-20(7-8-3-2-4-9(14)5-8)13-11(16)6-10(15)12(18-13)19-17/h2-6H,7,17H2,1H3,(H,18,19). The Hall–Kier alpha value is -1.92. The second kappa shape index (κ2) is 6.02. The maximum atomic E-state index is 13.8. The number of anilines is 2. The third-order valence-electron chi connectivity index (χ3n) is 2.72. The molecule has 3 N–H and O–H groups in total. The summed E-state index contributed by atoms with van der Waals surface area (Å²) >= 11 is 5.89. The number of nitrogen functional groups attached to an aromatic ring is 1. The molecule has 1 heterocycles. The van der Waals surface area contributed by atoms with E-state index in [9.17, 15) is 8.78 Å². The molecule has 0 saturated heterocycles. The van der Waals surface area contributed by atoms with Gasteiger partial charge in [0.25, 0.3) is 0 Å². The molecule has 1 aromatic carbocycles. The first kappa shape index (κ1) is 14.5. The zero-order valence-electron chi connectivity index (χ0n) is 10.7. The predicted octanol–water partition coefficient (Wildman–Crippen LogP) is 2.94. The molecule has 0 saturated carbocycles. The summed E-state index contributed by atoms with van der Waals surface area (Å²) in [6, 6.07) is 7.91. The largest absolute Gasteiger partial charge is 0.353 e. The van der Waals surface area contributed by atoms with Gasteiger partial charge >= 0.3 is 0 Å². The van der Waals surface area contributed by atoms with Crippen molar-refractivity contribution in [2.24, 2.45) is 5.84 Å². The molecule has 7 heteroatoms. The van der Waals surface area contributed by atoms with Crippen LogP contribution in [-0.2, 0) is 6.54 Å². The highest BCUT2D eigenvalue weighted by Crippen LogP contribution is 2.22. The molecular weight excluding hydrogens is 286 g/mol. The smallest absolute Gasteiger partial charge is 0.178 e. The molecule has 0 radical (unpaired) electrons. The first-order chi connectivity index (χ1) is 9.51. The van der Waals surface area contributed by atoms with Crippen molar-refractivity contribution in [3.05, 3.63) is 52.6 Å². The van der Waals surface area contributed by atoms with Gasteiger partial charge in [-0.15, -0.1) is 0 Å². The third-order valence-corrected chi connectivity index (χ3v) is 2.95. The fourth-order valence-electron chi connectivity index (χ4n) is 1.81. The molecule has 0 bridgehead atoms. The summed E-state index contributed by atoms with van der Waals surface area (Å²) in [7, 11) is 1.64. The normalized spacial score (nSPS) is 10.4. The van der Waals surface area contributed by atoms with Gasteiger partial charge in [-0.2, -0.15) is 0 Å². The van der Waals surface area contributed by atoms with Crippen molar-refractivity contribution in [3.8, 4) is 0 Å². The van der Waals surface area contributed by atoms with Crippen LogP contribution in [0.5, 0.6) is 0 Å². The van der Waals surface area contributed by atoms with Crippen LogP contribution in [0.1, 0.15) is 5.56 Å². The van der Waals surface area contributed by atoms with E-state index in [2.05, 4.69) is 10.4 Å². The van der Waals surface area contributed by atoms with E-state index in [0.29, 0.717) is 11.6 Å². The second-order valence-corrected chi connectivity index (χ2v) is 4.69. The van der Waals surface area contributed by atoms with Crippen LogP contribution >= 0.6 is 11.6 Å². The number of hydrogen-bond donors (Lipinski definition) is 2. The number of halogens is 3. The Morgan fingerprint density at radius 1 is 1.30 bits per heavy atom. The summed E-state index contributed by atoms with van der Waals surface area (Å²) in [4.78, 5) is 5.36. The first-order valence-electron chi connectivity index (χ1n) is 5.79. The van der Waals surface area contributed by atoms with Gasteiger partial charge in [-0.3, -0.25) is 0 Å². The lowest BCUT2D eigenvalue weighted by Crippen LogP contribution is -2.21. The quantitative estimate of drug-likeness (QED) is 0.673. The van der Waals surface area contributed by atoms with Gasteiger partial charge in [-0.05, 0) is 17.7 Å². The highest BCUT2D eigenvalue weighted by molar-refractivity contribution is 6.30. The van der Waals surface area contributed by atoms with Crippen molar-refractivity contribution in [1.29, 1.82) is 0 Å². The summed E-state index contributed by atoms with van der Waals surface area (Å²) in [5.74, 6) is 3.32. The highest BCUT2D eigenvalue weighted by atomic mass is 35.5. The van der Waals surface area contributed by atoms with Gasteiger partial charge < -0.3 is 10.3 Å². The lowest BCUT2D eigenvalue weighted by molar-refractivity contribution is 0.572. The molecule has 1 aromatic heterocycles. The van der Waals surface area contributed by atoms with E-state index in [1.165, 1.54) is 0 Å². The topological polar surface area (TPSA) is 54.2 Å². The van der Waals surface area contributed by atoms with Crippen LogP contribution < -0.4 is 16.2 Å². The molecule has 106 valence electrons. The minimum Gasteiger partial charge on any atom is -0.353 e. The average Bonchev–Trinajstić information content (AvgIpc) is 2.38. The van der Waals surface area contributed by atoms with Crippen molar-refractivity contribution in [2.45, 2.75) is 6.54 Å². The van der Waals surface area contributed by atoms with Gasteiger partial charge in [0.2, 0.25) is 0 Å². The minimum atomic E-state index is -0.843. The number of nitrogens with two attached hydrogens (primary N) is 1. The number of nitrogens with one attached hydrogen (secondary N) is 1. The van der Waals surface area contributed by atoms with Crippen molar-refractivity contribution in [1.82, 2.24) is 4.98 Å². The third kappa shape index (κ3) is 3.15. The van der Waals surface area contributed by atoms with Gasteiger partial charge in [0.05, 0.1) is 0 Å². The van der Waals surface area contributed by atoms with Crippen molar-refractivity contribution < 1.29 is 8.78 Å². The van der Waals surface area contributed by atoms with Gasteiger partial charge in [0.1, 0.15) is 0 Å². The van der Waals surface area contributed by atoms with Crippen LogP contribution in [0.3, 0.4) is 0 Å². The van der Waals surface area contributed by atoms with Gasteiger partial charge in [-0.25, -0.2) is 19.6 Å². The van der Waals surface area contributed by atoms with Crippen molar-refractivity contribution in [3.63, 3.8) is 0 Å². The number of pyridine rings is 1. The number of nitrogens with zero attached hydrogens (tertiary/aromatic N) is 2. The zero-order valence-corrected chi connectivity index (χ0v) is 11.5. The molecule has 20 heavy (non-hydrogen) atoms. The van der Waals surface area contributed by atoms with Crippen LogP contribution in [0.2, 0.25) is 5.02 Å². The molecule has 4 nitrogen and oxygen atoms in total. The Kier molecular flexibility index (Phi) is 4.36. The molecule has 0 spiro atoms. The van der Waals surface area contributed by atoms with Gasteiger partial charge in [-0.1, -0.05) is 23.7 Å². The number of hydrogen-bond acceptors (Lipinski definition) is 4. The number of aromatic nitrogens is 1. The van der Waals surface area contributed by atoms with Crippen LogP contribution in [0.15, 0.2) is 30.3 Å². The number of hydrazine groups is 1. The molecule has 0 amide bonds. The molecule has 0 atom stereocenters. The van der Waals surface area contributed by atoms with E-state index in [0.717, 1.165) is 11.6 Å². The Morgan fingerprint density at radius 2 is 2.05 bits per heavy atom. The van der Waals surface area contributed by atoms with Crippen LogP contribution in [0, 0.1) is 11.6 Å². The molecule has 2 rings (SSSR count). The molecule has 0 fully saturated rings. The van der Waals surface area contributed by atoms with Gasteiger partial charge in [0.15, 0.2) is 23.3 Å². The Bertz CT molecular complexity index is 621. The molecular formula is C13H13ClF2N4. The fourth-order valence-corrected chi connectivity index (χ4v) is 2.02. The molecule has 0 aliphatic rings. The maximum Gasteiger partial charge on any atom is 0.178 e. The van der Waals surface area contributed by atoms with E-state index in [-0.39, 0.29) is 11.6 Å². The van der Waals surface area contributed by atoms with Crippen molar-refractivity contribution in [2.75, 3.05) is 17.4 Å². The van der Waals surface area contributed by atoms with Crippen LogP contribution in [0.25, 0.3) is 0 Å². The minimum absolute atomic E-state index is 0.000625. The summed E-state index contributed by atoms with van der Waals surface area (Å²) < 4.78 is 27.1. The lowest BCUT2D eigenvalue weighted by atomic mass is 10.2.